The van der Waals surface area contributed by atoms with E-state index in [4.69, 9.17) is 0 Å². The zero-order valence-electron chi connectivity index (χ0n) is 16.3. The van der Waals surface area contributed by atoms with Gasteiger partial charge in [0.1, 0.15) is 0 Å². The van der Waals surface area contributed by atoms with Crippen molar-refractivity contribution in [3.05, 3.63) is 70.3 Å². The monoisotopic (exact) mass is 374 g/mol. The van der Waals surface area contributed by atoms with Crippen LogP contribution in [0.25, 0.3) is 0 Å². The van der Waals surface area contributed by atoms with Crippen molar-refractivity contribution >= 4 is 24.3 Å². The van der Waals surface area contributed by atoms with Gasteiger partial charge in [-0.3, -0.25) is 0 Å². The fourth-order valence-corrected chi connectivity index (χ4v) is 2.55. The number of hydrazone groups is 2. The summed E-state index contributed by atoms with van der Waals surface area (Å²) < 4.78 is 0. The SMILES string of the molecule is Cc1cc(C)nc(N/N=C\c2ccc(/C=N\Nc3nc(C)cc(C)n3)cc2)n1. The van der Waals surface area contributed by atoms with Gasteiger partial charge in [-0.05, 0) is 51.0 Å². The first kappa shape index (κ1) is 19.1. The minimum Gasteiger partial charge on any atom is -0.245 e. The van der Waals surface area contributed by atoms with Crippen LogP contribution in [0.2, 0.25) is 0 Å². The molecule has 8 nitrogen and oxygen atoms in total. The lowest BCUT2D eigenvalue weighted by Gasteiger charge is -2.02. The van der Waals surface area contributed by atoms with Gasteiger partial charge in [0.25, 0.3) is 0 Å². The van der Waals surface area contributed by atoms with Gasteiger partial charge in [0.15, 0.2) is 0 Å². The van der Waals surface area contributed by atoms with E-state index in [-0.39, 0.29) is 0 Å². The molecule has 0 saturated carbocycles. The smallest absolute Gasteiger partial charge is 0.243 e. The Hall–Kier alpha value is -3.68. The number of hydrogen-bond donors (Lipinski definition) is 2. The average molecular weight is 374 g/mol. The highest BCUT2D eigenvalue weighted by molar-refractivity contribution is 5.84. The van der Waals surface area contributed by atoms with Crippen LogP contribution in [0.15, 0.2) is 46.6 Å². The van der Waals surface area contributed by atoms with Gasteiger partial charge < -0.3 is 0 Å². The quantitative estimate of drug-likeness (QED) is 0.507. The van der Waals surface area contributed by atoms with Crippen molar-refractivity contribution < 1.29 is 0 Å². The van der Waals surface area contributed by atoms with Crippen molar-refractivity contribution in [1.29, 1.82) is 0 Å². The molecule has 2 heterocycles. The Labute approximate surface area is 163 Å². The molecule has 0 radical (unpaired) electrons. The summed E-state index contributed by atoms with van der Waals surface area (Å²) in [6.45, 7) is 7.69. The van der Waals surface area contributed by atoms with Crippen molar-refractivity contribution in [2.45, 2.75) is 27.7 Å². The van der Waals surface area contributed by atoms with Crippen molar-refractivity contribution in [2.24, 2.45) is 10.2 Å². The zero-order valence-corrected chi connectivity index (χ0v) is 16.3. The molecule has 28 heavy (non-hydrogen) atoms. The Morgan fingerprint density at radius 2 is 0.929 bits per heavy atom. The minimum atomic E-state index is 0.484. The molecular formula is C20H22N8. The number of aryl methyl sites for hydroxylation is 4. The summed E-state index contributed by atoms with van der Waals surface area (Å²) in [5, 5.41) is 8.36. The number of rotatable bonds is 6. The second kappa shape index (κ2) is 8.81. The van der Waals surface area contributed by atoms with E-state index in [0.29, 0.717) is 11.9 Å². The number of nitrogens with zero attached hydrogens (tertiary/aromatic N) is 6. The molecule has 2 aromatic heterocycles. The van der Waals surface area contributed by atoms with Crippen LogP contribution < -0.4 is 10.9 Å². The Bertz CT molecular complexity index is 886. The molecular weight excluding hydrogens is 352 g/mol. The summed E-state index contributed by atoms with van der Waals surface area (Å²) in [6.07, 6.45) is 3.42. The number of nitrogens with one attached hydrogen (secondary N) is 2. The molecule has 3 rings (SSSR count). The summed E-state index contributed by atoms with van der Waals surface area (Å²) in [7, 11) is 0. The molecule has 0 fully saturated rings. The normalized spacial score (nSPS) is 11.3. The fourth-order valence-electron chi connectivity index (χ4n) is 2.55. The van der Waals surface area contributed by atoms with Crippen molar-refractivity contribution in [1.82, 2.24) is 19.9 Å². The number of anilines is 2. The van der Waals surface area contributed by atoms with Gasteiger partial charge in [-0.1, -0.05) is 24.3 Å². The lowest BCUT2D eigenvalue weighted by Crippen LogP contribution is -2.00. The molecule has 0 aliphatic rings. The Balaban J connectivity index is 1.56. The third kappa shape index (κ3) is 5.66. The van der Waals surface area contributed by atoms with E-state index in [1.54, 1.807) is 12.4 Å². The highest BCUT2D eigenvalue weighted by Gasteiger charge is 1.98. The average Bonchev–Trinajstić information content (AvgIpc) is 2.61. The third-order valence-electron chi connectivity index (χ3n) is 3.66. The van der Waals surface area contributed by atoms with Gasteiger partial charge in [0.05, 0.1) is 12.4 Å². The second-order valence-electron chi connectivity index (χ2n) is 6.36. The van der Waals surface area contributed by atoms with Crippen LogP contribution in [0.5, 0.6) is 0 Å². The molecule has 0 unspecified atom stereocenters. The lowest BCUT2D eigenvalue weighted by molar-refractivity contribution is 1.03. The van der Waals surface area contributed by atoms with Crippen molar-refractivity contribution in [2.75, 3.05) is 10.9 Å². The van der Waals surface area contributed by atoms with Crippen LogP contribution in [-0.4, -0.2) is 32.4 Å². The first-order valence-corrected chi connectivity index (χ1v) is 8.81. The number of benzene rings is 1. The zero-order chi connectivity index (χ0) is 19.9. The maximum absolute atomic E-state index is 4.28. The molecule has 3 aromatic rings. The molecule has 0 saturated heterocycles. The van der Waals surface area contributed by atoms with Crippen LogP contribution >= 0.6 is 0 Å². The summed E-state index contributed by atoms with van der Waals surface area (Å²) in [5.74, 6) is 0.967. The van der Waals surface area contributed by atoms with Crippen molar-refractivity contribution in [3.8, 4) is 0 Å². The van der Waals surface area contributed by atoms with Crippen molar-refractivity contribution in [3.63, 3.8) is 0 Å². The van der Waals surface area contributed by atoms with Gasteiger partial charge in [-0.25, -0.2) is 30.8 Å². The Kier molecular flexibility index (Phi) is 6.01. The fraction of sp³-hybridized carbons (Fsp3) is 0.200. The molecule has 142 valence electrons. The molecule has 1 aromatic carbocycles. The molecule has 0 atom stereocenters. The molecule has 0 bridgehead atoms. The van der Waals surface area contributed by atoms with Gasteiger partial charge in [-0.2, -0.15) is 10.2 Å². The van der Waals surface area contributed by atoms with Gasteiger partial charge in [-0.15, -0.1) is 0 Å². The summed E-state index contributed by atoms with van der Waals surface area (Å²) >= 11 is 0. The summed E-state index contributed by atoms with van der Waals surface area (Å²) in [5.41, 5.74) is 11.2. The van der Waals surface area contributed by atoms with Crippen LogP contribution in [0.4, 0.5) is 11.9 Å². The minimum absolute atomic E-state index is 0.484. The molecule has 8 heteroatoms. The van der Waals surface area contributed by atoms with Gasteiger partial charge >= 0.3 is 0 Å². The van der Waals surface area contributed by atoms with E-state index in [2.05, 4.69) is 41.0 Å². The first-order chi connectivity index (χ1) is 13.5. The van der Waals surface area contributed by atoms with Crippen LogP contribution in [0, 0.1) is 27.7 Å². The largest absolute Gasteiger partial charge is 0.245 e. The van der Waals surface area contributed by atoms with E-state index in [9.17, 15) is 0 Å². The standard InChI is InChI=1S/C20H22N8/c1-13-9-14(2)24-19(23-13)27-21-11-17-5-7-18(8-6-17)12-22-28-20-25-15(3)10-16(4)26-20/h5-12H,1-4H3,(H,23,24,27)(H,25,26,28)/b21-11-,22-12-. The predicted molar refractivity (Wildman–Crippen MR) is 112 cm³/mol. The van der Waals surface area contributed by atoms with Crippen LogP contribution in [0.1, 0.15) is 33.9 Å². The van der Waals surface area contributed by atoms with E-state index in [1.165, 1.54) is 0 Å². The molecule has 0 aliphatic carbocycles. The number of hydrogen-bond acceptors (Lipinski definition) is 8. The Morgan fingerprint density at radius 3 is 1.25 bits per heavy atom. The van der Waals surface area contributed by atoms with E-state index in [1.807, 2.05) is 64.1 Å². The summed E-state index contributed by atoms with van der Waals surface area (Å²) in [6, 6.07) is 11.6. The Morgan fingerprint density at radius 1 is 0.607 bits per heavy atom. The highest BCUT2D eigenvalue weighted by Crippen LogP contribution is 2.05. The number of aromatic nitrogens is 4. The van der Waals surface area contributed by atoms with Crippen LogP contribution in [0.3, 0.4) is 0 Å². The molecule has 0 amide bonds. The van der Waals surface area contributed by atoms with Gasteiger partial charge in [0.2, 0.25) is 11.9 Å². The first-order valence-electron chi connectivity index (χ1n) is 8.81. The third-order valence-corrected chi connectivity index (χ3v) is 3.66. The molecule has 0 spiro atoms. The van der Waals surface area contributed by atoms with E-state index in [0.717, 1.165) is 33.9 Å². The van der Waals surface area contributed by atoms with E-state index < -0.39 is 0 Å². The molecule has 0 aliphatic heterocycles. The maximum Gasteiger partial charge on any atom is 0.243 e. The topological polar surface area (TPSA) is 100 Å². The molecule has 2 N–H and O–H groups in total. The van der Waals surface area contributed by atoms with E-state index >= 15 is 0 Å². The lowest BCUT2D eigenvalue weighted by atomic mass is 10.2. The van der Waals surface area contributed by atoms with Crippen LogP contribution in [-0.2, 0) is 0 Å². The maximum atomic E-state index is 4.28. The predicted octanol–water partition coefficient (Wildman–Crippen LogP) is 3.39. The summed E-state index contributed by atoms with van der Waals surface area (Å²) in [4.78, 5) is 17.1. The second-order valence-corrected chi connectivity index (χ2v) is 6.36. The highest BCUT2D eigenvalue weighted by atomic mass is 15.4. The van der Waals surface area contributed by atoms with Gasteiger partial charge in [0, 0.05) is 22.8 Å².